The molecular formula is C25H28N4. The Balaban J connectivity index is 1.83. The molecule has 148 valence electrons. The molecule has 2 aliphatic rings. The Morgan fingerprint density at radius 3 is 2.41 bits per heavy atom. The third-order valence-electron chi connectivity index (χ3n) is 7.12. The summed E-state index contributed by atoms with van der Waals surface area (Å²) in [6.45, 7) is 6.90. The van der Waals surface area contributed by atoms with Crippen molar-refractivity contribution < 1.29 is 0 Å². The van der Waals surface area contributed by atoms with Crippen LogP contribution in [0.15, 0.2) is 61.1 Å². The van der Waals surface area contributed by atoms with Crippen LogP contribution in [0.1, 0.15) is 44.2 Å². The van der Waals surface area contributed by atoms with Crippen LogP contribution in [0.25, 0.3) is 0 Å². The molecule has 0 bridgehead atoms. The standard InChI is InChI=1S/C25H28N4/c1-4-25(5-2)15-14-19-11-7-9-13-21(19)28-22-16-26-17-27-23(22)29(24(25)28)20-12-8-6-10-18(20)3/h6-13,16-17,24H,4-5,14-15H2,1-3H3. The Hall–Kier alpha value is -2.88. The van der Waals surface area contributed by atoms with Crippen LogP contribution in [0.4, 0.5) is 22.9 Å². The fourth-order valence-electron chi connectivity index (χ4n) is 5.36. The van der Waals surface area contributed by atoms with Crippen LogP contribution in [-0.2, 0) is 6.42 Å². The third kappa shape index (κ3) is 2.58. The molecule has 2 aromatic carbocycles. The lowest BCUT2D eigenvalue weighted by atomic mass is 9.74. The van der Waals surface area contributed by atoms with Crippen LogP contribution >= 0.6 is 0 Å². The van der Waals surface area contributed by atoms with Crippen LogP contribution in [0.2, 0.25) is 0 Å². The second kappa shape index (κ2) is 6.87. The largest absolute Gasteiger partial charge is 0.315 e. The van der Waals surface area contributed by atoms with Gasteiger partial charge in [-0.3, -0.25) is 0 Å². The number of anilines is 4. The van der Waals surface area contributed by atoms with E-state index in [0.29, 0.717) is 0 Å². The van der Waals surface area contributed by atoms with Crippen LogP contribution in [-0.4, -0.2) is 16.1 Å². The third-order valence-corrected chi connectivity index (χ3v) is 7.12. The summed E-state index contributed by atoms with van der Waals surface area (Å²) >= 11 is 0. The predicted molar refractivity (Wildman–Crippen MR) is 119 cm³/mol. The van der Waals surface area contributed by atoms with Crippen molar-refractivity contribution in [2.24, 2.45) is 5.41 Å². The molecule has 2 aliphatic heterocycles. The van der Waals surface area contributed by atoms with Crippen molar-refractivity contribution in [1.82, 2.24) is 9.97 Å². The maximum Gasteiger partial charge on any atom is 0.162 e. The highest BCUT2D eigenvalue weighted by Crippen LogP contribution is 2.56. The number of hydrogen-bond acceptors (Lipinski definition) is 4. The lowest BCUT2D eigenvalue weighted by molar-refractivity contribution is 0.195. The molecule has 1 atom stereocenters. The highest BCUT2D eigenvalue weighted by molar-refractivity contribution is 5.87. The molecule has 0 amide bonds. The summed E-state index contributed by atoms with van der Waals surface area (Å²) in [4.78, 5) is 14.2. The monoisotopic (exact) mass is 384 g/mol. The van der Waals surface area contributed by atoms with E-state index in [0.717, 1.165) is 30.8 Å². The first-order chi connectivity index (χ1) is 14.2. The maximum atomic E-state index is 4.79. The van der Waals surface area contributed by atoms with E-state index in [9.17, 15) is 0 Å². The van der Waals surface area contributed by atoms with Gasteiger partial charge in [-0.2, -0.15) is 0 Å². The topological polar surface area (TPSA) is 32.3 Å². The van der Waals surface area contributed by atoms with E-state index in [2.05, 4.69) is 84.1 Å². The molecule has 1 unspecified atom stereocenters. The first-order valence-electron chi connectivity index (χ1n) is 10.7. The summed E-state index contributed by atoms with van der Waals surface area (Å²) in [5.41, 5.74) is 6.50. The van der Waals surface area contributed by atoms with Crippen molar-refractivity contribution >= 4 is 22.9 Å². The van der Waals surface area contributed by atoms with Gasteiger partial charge in [-0.1, -0.05) is 50.2 Å². The average Bonchev–Trinajstić information content (AvgIpc) is 3.03. The van der Waals surface area contributed by atoms with E-state index in [1.54, 1.807) is 6.33 Å². The van der Waals surface area contributed by atoms with E-state index in [-0.39, 0.29) is 11.6 Å². The lowest BCUT2D eigenvalue weighted by Crippen LogP contribution is -2.51. The van der Waals surface area contributed by atoms with Gasteiger partial charge in [0.2, 0.25) is 0 Å². The van der Waals surface area contributed by atoms with Crippen LogP contribution < -0.4 is 9.80 Å². The van der Waals surface area contributed by atoms with E-state index in [1.807, 2.05) is 6.20 Å². The van der Waals surface area contributed by atoms with Crippen molar-refractivity contribution in [2.75, 3.05) is 9.80 Å². The van der Waals surface area contributed by atoms with Gasteiger partial charge in [-0.15, -0.1) is 0 Å². The Morgan fingerprint density at radius 1 is 0.931 bits per heavy atom. The number of hydrogen-bond donors (Lipinski definition) is 0. The Kier molecular flexibility index (Phi) is 4.30. The van der Waals surface area contributed by atoms with Crippen LogP contribution in [0.5, 0.6) is 0 Å². The minimum absolute atomic E-state index is 0.155. The fourth-order valence-corrected chi connectivity index (χ4v) is 5.36. The second-order valence-electron chi connectivity index (χ2n) is 8.33. The van der Waals surface area contributed by atoms with Crippen molar-refractivity contribution in [3.8, 4) is 0 Å². The number of fused-ring (bicyclic) bond motifs is 5. The quantitative estimate of drug-likeness (QED) is 0.542. The summed E-state index contributed by atoms with van der Waals surface area (Å²) in [5.74, 6) is 1.02. The number of nitrogens with zero attached hydrogens (tertiary/aromatic N) is 4. The highest BCUT2D eigenvalue weighted by atomic mass is 15.5. The summed E-state index contributed by atoms with van der Waals surface area (Å²) in [7, 11) is 0. The smallest absolute Gasteiger partial charge is 0.162 e. The van der Waals surface area contributed by atoms with Gasteiger partial charge in [0.05, 0.1) is 6.20 Å². The zero-order valence-corrected chi connectivity index (χ0v) is 17.5. The number of aryl methyl sites for hydroxylation is 2. The molecular weight excluding hydrogens is 356 g/mol. The summed E-state index contributed by atoms with van der Waals surface area (Å²) in [6.07, 6.45) is 8.39. The number of aromatic nitrogens is 2. The molecule has 3 aromatic rings. The zero-order valence-electron chi connectivity index (χ0n) is 17.5. The van der Waals surface area contributed by atoms with Crippen molar-refractivity contribution in [1.29, 1.82) is 0 Å². The lowest BCUT2D eigenvalue weighted by Gasteiger charge is -2.45. The fraction of sp³-hybridized carbons (Fsp3) is 0.360. The van der Waals surface area contributed by atoms with Gasteiger partial charge in [0.1, 0.15) is 18.2 Å². The average molecular weight is 385 g/mol. The van der Waals surface area contributed by atoms with Gasteiger partial charge in [0.15, 0.2) is 5.82 Å². The van der Waals surface area contributed by atoms with Crippen LogP contribution in [0, 0.1) is 12.3 Å². The number of rotatable bonds is 3. The van der Waals surface area contributed by atoms with Crippen LogP contribution in [0.3, 0.4) is 0 Å². The minimum atomic E-state index is 0.155. The second-order valence-corrected chi connectivity index (χ2v) is 8.33. The maximum absolute atomic E-state index is 4.79. The van der Waals surface area contributed by atoms with E-state index in [1.165, 1.54) is 28.9 Å². The Bertz CT molecular complexity index is 1030. The molecule has 0 aliphatic carbocycles. The van der Waals surface area contributed by atoms with E-state index >= 15 is 0 Å². The summed E-state index contributed by atoms with van der Waals surface area (Å²) < 4.78 is 0. The van der Waals surface area contributed by atoms with E-state index in [4.69, 9.17) is 4.98 Å². The number of benzene rings is 2. The summed E-state index contributed by atoms with van der Waals surface area (Å²) in [6, 6.07) is 17.5. The molecule has 0 saturated heterocycles. The summed E-state index contributed by atoms with van der Waals surface area (Å²) in [5, 5.41) is 0. The molecule has 4 heteroatoms. The minimum Gasteiger partial charge on any atom is -0.315 e. The predicted octanol–water partition coefficient (Wildman–Crippen LogP) is 6.15. The van der Waals surface area contributed by atoms with Gasteiger partial charge >= 0.3 is 0 Å². The van der Waals surface area contributed by atoms with Gasteiger partial charge < -0.3 is 9.80 Å². The molecule has 1 aromatic heterocycles. The Morgan fingerprint density at radius 2 is 1.66 bits per heavy atom. The molecule has 29 heavy (non-hydrogen) atoms. The number of para-hydroxylation sites is 2. The highest BCUT2D eigenvalue weighted by Gasteiger charge is 2.51. The van der Waals surface area contributed by atoms with Crippen molar-refractivity contribution in [3.63, 3.8) is 0 Å². The normalized spacial score (nSPS) is 19.3. The molecule has 5 rings (SSSR count). The first kappa shape index (κ1) is 18.2. The molecule has 0 fully saturated rings. The molecule has 3 heterocycles. The molecule has 4 nitrogen and oxygen atoms in total. The Labute approximate surface area is 173 Å². The van der Waals surface area contributed by atoms with Gasteiger partial charge in [0.25, 0.3) is 0 Å². The van der Waals surface area contributed by atoms with E-state index < -0.39 is 0 Å². The molecule has 0 spiro atoms. The zero-order chi connectivity index (χ0) is 20.0. The molecule has 0 saturated carbocycles. The molecule has 0 N–H and O–H groups in total. The van der Waals surface area contributed by atoms with Gasteiger partial charge in [-0.05, 0) is 55.9 Å². The van der Waals surface area contributed by atoms with Crippen molar-refractivity contribution in [2.45, 2.75) is 52.6 Å². The molecule has 0 radical (unpaired) electrons. The first-order valence-corrected chi connectivity index (χ1v) is 10.7. The van der Waals surface area contributed by atoms with Gasteiger partial charge in [0, 0.05) is 16.8 Å². The van der Waals surface area contributed by atoms with Gasteiger partial charge in [-0.25, -0.2) is 9.97 Å². The van der Waals surface area contributed by atoms with Crippen molar-refractivity contribution in [3.05, 3.63) is 72.2 Å². The SMILES string of the molecule is CCC1(CC)CCc2ccccc2N2c3cncnc3N(c3ccccc3C)C21.